The fourth-order valence-electron chi connectivity index (χ4n) is 3.02. The molecule has 2 unspecified atom stereocenters. The van der Waals surface area contributed by atoms with Gasteiger partial charge in [0.1, 0.15) is 0 Å². The number of carbonyl (C=O) groups excluding carboxylic acids is 1. The van der Waals surface area contributed by atoms with Crippen LogP contribution in [0.3, 0.4) is 0 Å². The van der Waals surface area contributed by atoms with E-state index in [1.54, 1.807) is 12.2 Å². The first-order valence-corrected chi connectivity index (χ1v) is 9.52. The van der Waals surface area contributed by atoms with E-state index in [1.165, 1.54) is 0 Å². The lowest BCUT2D eigenvalue weighted by molar-refractivity contribution is -0.118. The molecule has 1 fully saturated rings. The molecule has 1 saturated heterocycles. The molecule has 1 rings (SSSR count). The predicted molar refractivity (Wildman–Crippen MR) is 101 cm³/mol. The molecule has 144 valence electrons. The van der Waals surface area contributed by atoms with Gasteiger partial charge in [0.05, 0.1) is 24.9 Å². The van der Waals surface area contributed by atoms with Crippen LogP contribution >= 0.6 is 0 Å². The molecule has 0 saturated carbocycles. The molecule has 0 spiro atoms. The van der Waals surface area contributed by atoms with Crippen molar-refractivity contribution in [2.24, 2.45) is 11.8 Å². The van der Waals surface area contributed by atoms with Crippen LogP contribution in [0.15, 0.2) is 23.3 Å². The van der Waals surface area contributed by atoms with Crippen molar-refractivity contribution in [3.05, 3.63) is 23.3 Å². The van der Waals surface area contributed by atoms with Crippen molar-refractivity contribution in [3.63, 3.8) is 0 Å². The van der Waals surface area contributed by atoms with Crippen molar-refractivity contribution >= 4 is 5.78 Å². The summed E-state index contributed by atoms with van der Waals surface area (Å²) in [6.45, 7) is 10.6. The molecule has 4 heteroatoms. The molecule has 0 aliphatic carbocycles. The smallest absolute Gasteiger partial charge is 0.158 e. The highest BCUT2D eigenvalue weighted by molar-refractivity contribution is 5.92. The number of hydrogen-bond acceptors (Lipinski definition) is 4. The Morgan fingerprint density at radius 3 is 2.68 bits per heavy atom. The minimum absolute atomic E-state index is 0.00837. The number of ether oxygens (including phenoxy) is 1. The lowest BCUT2D eigenvalue weighted by Gasteiger charge is -2.33. The molecule has 1 heterocycles. The first kappa shape index (κ1) is 22.1. The van der Waals surface area contributed by atoms with E-state index in [0.717, 1.165) is 36.8 Å². The minimum atomic E-state index is -0.586. The molecule has 4 nitrogen and oxygen atoms in total. The van der Waals surface area contributed by atoms with Gasteiger partial charge in [0.15, 0.2) is 5.78 Å². The summed E-state index contributed by atoms with van der Waals surface area (Å²) in [6, 6.07) is 0. The Hall–Kier alpha value is -0.970. The van der Waals surface area contributed by atoms with Crippen molar-refractivity contribution in [1.29, 1.82) is 0 Å². The molecule has 0 radical (unpaired) electrons. The van der Waals surface area contributed by atoms with Gasteiger partial charge in [0.2, 0.25) is 0 Å². The third kappa shape index (κ3) is 7.04. The van der Waals surface area contributed by atoms with Crippen LogP contribution in [0.4, 0.5) is 0 Å². The van der Waals surface area contributed by atoms with Crippen LogP contribution in [0.5, 0.6) is 0 Å². The Balaban J connectivity index is 2.54. The molecule has 0 bridgehead atoms. The quantitative estimate of drug-likeness (QED) is 0.515. The molecular weight excluding hydrogens is 316 g/mol. The second-order valence-electron chi connectivity index (χ2n) is 7.94. The number of ketones is 1. The van der Waals surface area contributed by atoms with Crippen LogP contribution in [0.25, 0.3) is 0 Å². The van der Waals surface area contributed by atoms with Gasteiger partial charge in [-0.2, -0.15) is 0 Å². The summed E-state index contributed by atoms with van der Waals surface area (Å²) in [5, 5.41) is 19.5. The van der Waals surface area contributed by atoms with Crippen molar-refractivity contribution < 1.29 is 19.7 Å². The number of rotatable bonds is 8. The van der Waals surface area contributed by atoms with Crippen molar-refractivity contribution in [2.75, 3.05) is 13.2 Å². The molecule has 0 aromatic carbocycles. The summed E-state index contributed by atoms with van der Waals surface area (Å²) >= 11 is 0. The van der Waals surface area contributed by atoms with E-state index in [1.807, 2.05) is 20.8 Å². The normalized spacial score (nSPS) is 28.2. The third-order valence-electron chi connectivity index (χ3n) is 5.49. The molecular formula is C21H36O4. The monoisotopic (exact) mass is 352 g/mol. The highest BCUT2D eigenvalue weighted by atomic mass is 16.5. The van der Waals surface area contributed by atoms with Gasteiger partial charge in [-0.25, -0.2) is 0 Å². The van der Waals surface area contributed by atoms with E-state index in [9.17, 15) is 9.90 Å². The highest BCUT2D eigenvalue weighted by Crippen LogP contribution is 2.31. The van der Waals surface area contributed by atoms with Gasteiger partial charge in [0, 0.05) is 5.92 Å². The van der Waals surface area contributed by atoms with Crippen LogP contribution in [-0.2, 0) is 9.53 Å². The fourth-order valence-corrected chi connectivity index (χ4v) is 3.02. The fraction of sp³-hybridized carbons (Fsp3) is 0.762. The second kappa shape index (κ2) is 10.2. The molecule has 0 aromatic rings. The first-order chi connectivity index (χ1) is 11.7. The minimum Gasteiger partial charge on any atom is -0.392 e. The van der Waals surface area contributed by atoms with Crippen molar-refractivity contribution in [3.8, 4) is 0 Å². The second-order valence-corrected chi connectivity index (χ2v) is 7.94. The molecule has 1 aliphatic heterocycles. The van der Waals surface area contributed by atoms with E-state index in [4.69, 9.17) is 9.84 Å². The maximum absolute atomic E-state index is 12.3. The summed E-state index contributed by atoms with van der Waals surface area (Å²) in [7, 11) is 0. The topological polar surface area (TPSA) is 66.8 Å². The average molecular weight is 353 g/mol. The summed E-state index contributed by atoms with van der Waals surface area (Å²) in [5.74, 6) is 0.572. The van der Waals surface area contributed by atoms with Gasteiger partial charge in [-0.15, -0.1) is 0 Å². The summed E-state index contributed by atoms with van der Waals surface area (Å²) < 4.78 is 5.98. The van der Waals surface area contributed by atoms with Gasteiger partial charge in [-0.3, -0.25) is 4.79 Å². The molecule has 1 aliphatic rings. The van der Waals surface area contributed by atoms with E-state index >= 15 is 0 Å². The predicted octanol–water partition coefficient (Wildman–Crippen LogP) is 3.81. The van der Waals surface area contributed by atoms with Crippen LogP contribution in [-0.4, -0.2) is 40.9 Å². The zero-order valence-corrected chi connectivity index (χ0v) is 16.5. The largest absolute Gasteiger partial charge is 0.392 e. The number of carbonyl (C=O) groups is 1. The Morgan fingerprint density at radius 1 is 1.40 bits per heavy atom. The van der Waals surface area contributed by atoms with E-state index in [0.29, 0.717) is 18.9 Å². The van der Waals surface area contributed by atoms with Crippen LogP contribution < -0.4 is 0 Å². The van der Waals surface area contributed by atoms with Crippen LogP contribution in [0.1, 0.15) is 66.7 Å². The zero-order chi connectivity index (χ0) is 19.0. The van der Waals surface area contributed by atoms with Crippen molar-refractivity contribution in [1.82, 2.24) is 0 Å². The maximum Gasteiger partial charge on any atom is 0.158 e. The standard InChI is InChI=1S/C21H36O4/c1-15(2)17(4)13-19(23)16(3)7-6-11-21(5)20(24)9-8-18(10-12-22)14-25-21/h10,13,15-16,20,22,24H,6-9,11-12,14H2,1-5H3/b17-13+,18-10?/t16?,20-,21?/m1/s1. The SMILES string of the molecule is C/C(=C\C(=O)C(C)CCCC1(C)OCC(=CCO)CC[C@H]1O)C(C)C. The Kier molecular flexibility index (Phi) is 9.04. The molecule has 0 amide bonds. The summed E-state index contributed by atoms with van der Waals surface area (Å²) in [5.41, 5.74) is 1.58. The zero-order valence-electron chi connectivity index (χ0n) is 16.5. The number of aliphatic hydroxyl groups excluding tert-OH is 2. The third-order valence-corrected chi connectivity index (χ3v) is 5.49. The summed E-state index contributed by atoms with van der Waals surface area (Å²) in [4.78, 5) is 12.3. The van der Waals surface area contributed by atoms with E-state index in [-0.39, 0.29) is 18.3 Å². The lowest BCUT2D eigenvalue weighted by Crippen LogP contribution is -2.41. The number of allylic oxidation sites excluding steroid dienone is 2. The van der Waals surface area contributed by atoms with E-state index in [2.05, 4.69) is 13.8 Å². The molecule has 0 aromatic heterocycles. The van der Waals surface area contributed by atoms with Gasteiger partial charge in [-0.1, -0.05) is 32.4 Å². The van der Waals surface area contributed by atoms with Crippen LogP contribution in [0, 0.1) is 11.8 Å². The van der Waals surface area contributed by atoms with Gasteiger partial charge in [0.25, 0.3) is 0 Å². The van der Waals surface area contributed by atoms with E-state index < -0.39 is 11.7 Å². The Morgan fingerprint density at radius 2 is 2.08 bits per heavy atom. The highest BCUT2D eigenvalue weighted by Gasteiger charge is 2.36. The van der Waals surface area contributed by atoms with Crippen molar-refractivity contribution in [2.45, 2.75) is 78.4 Å². The Labute approximate surface area is 153 Å². The maximum atomic E-state index is 12.3. The van der Waals surface area contributed by atoms with Gasteiger partial charge >= 0.3 is 0 Å². The first-order valence-electron chi connectivity index (χ1n) is 9.52. The number of aliphatic hydroxyl groups is 2. The van der Waals surface area contributed by atoms with Gasteiger partial charge in [-0.05, 0) is 63.5 Å². The molecule has 3 atom stereocenters. The number of hydrogen-bond donors (Lipinski definition) is 2. The average Bonchev–Trinajstić information content (AvgIpc) is 2.69. The summed E-state index contributed by atoms with van der Waals surface area (Å²) in [6.07, 6.45) is 6.79. The molecule has 25 heavy (non-hydrogen) atoms. The lowest BCUT2D eigenvalue weighted by atomic mass is 9.87. The van der Waals surface area contributed by atoms with Gasteiger partial charge < -0.3 is 14.9 Å². The molecule has 2 N–H and O–H groups in total. The Bertz CT molecular complexity index is 492. The van der Waals surface area contributed by atoms with Crippen LogP contribution in [0.2, 0.25) is 0 Å².